The van der Waals surface area contributed by atoms with Gasteiger partial charge in [-0.05, 0) is 36.8 Å². The first-order valence-corrected chi connectivity index (χ1v) is 9.16. The van der Waals surface area contributed by atoms with E-state index in [9.17, 15) is 13.2 Å². The SMILES string of the molecule is CCOc1cc(/C=N\NC(N)=O)cc(Cl)c1OS(=O)(=O)c1ccccc1. The van der Waals surface area contributed by atoms with Gasteiger partial charge in [0.25, 0.3) is 0 Å². The van der Waals surface area contributed by atoms with E-state index in [1.807, 2.05) is 5.43 Å². The summed E-state index contributed by atoms with van der Waals surface area (Å²) in [5.41, 5.74) is 7.39. The van der Waals surface area contributed by atoms with Crippen molar-refractivity contribution in [1.82, 2.24) is 5.43 Å². The van der Waals surface area contributed by atoms with Gasteiger partial charge in [-0.2, -0.15) is 13.5 Å². The molecule has 0 atom stereocenters. The molecule has 0 spiro atoms. The fraction of sp³-hybridized carbons (Fsp3) is 0.125. The second-order valence-corrected chi connectivity index (χ2v) is 6.80. The van der Waals surface area contributed by atoms with Gasteiger partial charge in [-0.1, -0.05) is 29.8 Å². The van der Waals surface area contributed by atoms with Crippen molar-refractivity contribution in [3.63, 3.8) is 0 Å². The number of urea groups is 1. The van der Waals surface area contributed by atoms with E-state index >= 15 is 0 Å². The van der Waals surface area contributed by atoms with E-state index in [2.05, 4.69) is 5.10 Å². The molecule has 2 rings (SSSR count). The third kappa shape index (κ3) is 5.11. The number of nitrogens with one attached hydrogen (secondary N) is 1. The van der Waals surface area contributed by atoms with Crippen LogP contribution in [0.25, 0.3) is 0 Å². The lowest BCUT2D eigenvalue weighted by molar-refractivity contribution is 0.249. The Morgan fingerprint density at radius 2 is 2.00 bits per heavy atom. The number of nitrogens with two attached hydrogens (primary N) is 1. The molecule has 3 N–H and O–H groups in total. The van der Waals surface area contributed by atoms with E-state index < -0.39 is 16.1 Å². The van der Waals surface area contributed by atoms with Gasteiger partial charge in [0.15, 0.2) is 5.75 Å². The first kappa shape index (κ1) is 19.5. The van der Waals surface area contributed by atoms with Crippen LogP contribution in [0, 0.1) is 0 Å². The van der Waals surface area contributed by atoms with Gasteiger partial charge in [0, 0.05) is 0 Å². The van der Waals surface area contributed by atoms with E-state index in [0.717, 1.165) is 0 Å². The molecule has 0 bridgehead atoms. The van der Waals surface area contributed by atoms with Gasteiger partial charge in [-0.25, -0.2) is 10.2 Å². The molecule has 138 valence electrons. The van der Waals surface area contributed by atoms with Crippen molar-refractivity contribution < 1.29 is 22.1 Å². The summed E-state index contributed by atoms with van der Waals surface area (Å²) in [7, 11) is -4.09. The minimum absolute atomic E-state index is 0.00372. The Kier molecular flexibility index (Phi) is 6.42. The zero-order valence-electron chi connectivity index (χ0n) is 13.7. The fourth-order valence-electron chi connectivity index (χ4n) is 1.92. The lowest BCUT2D eigenvalue weighted by atomic mass is 10.2. The van der Waals surface area contributed by atoms with Gasteiger partial charge in [0.05, 0.1) is 17.8 Å². The second-order valence-electron chi connectivity index (χ2n) is 4.85. The summed E-state index contributed by atoms with van der Waals surface area (Å²) in [6, 6.07) is 9.70. The molecule has 0 unspecified atom stereocenters. The monoisotopic (exact) mass is 397 g/mol. The predicted octanol–water partition coefficient (Wildman–Crippen LogP) is 2.51. The van der Waals surface area contributed by atoms with Gasteiger partial charge in [-0.3, -0.25) is 0 Å². The van der Waals surface area contributed by atoms with E-state index in [4.69, 9.17) is 26.3 Å². The molecule has 0 saturated carbocycles. The number of hydrazone groups is 1. The molecule has 0 saturated heterocycles. The smallest absolute Gasteiger partial charge is 0.339 e. The molecule has 8 nitrogen and oxygen atoms in total. The van der Waals surface area contributed by atoms with Crippen LogP contribution < -0.4 is 20.1 Å². The van der Waals surface area contributed by atoms with Crippen LogP contribution in [0.3, 0.4) is 0 Å². The zero-order valence-corrected chi connectivity index (χ0v) is 15.3. The molecule has 2 amide bonds. The van der Waals surface area contributed by atoms with Crippen LogP contribution in [-0.4, -0.2) is 27.3 Å². The van der Waals surface area contributed by atoms with Crippen molar-refractivity contribution >= 4 is 34.0 Å². The summed E-state index contributed by atoms with van der Waals surface area (Å²) in [5, 5.41) is 3.61. The lowest BCUT2D eigenvalue weighted by Crippen LogP contribution is -2.24. The normalized spacial score (nSPS) is 11.3. The number of hydrogen-bond donors (Lipinski definition) is 2. The maximum Gasteiger partial charge on any atom is 0.339 e. The van der Waals surface area contributed by atoms with E-state index in [0.29, 0.717) is 5.56 Å². The standard InChI is InChI=1S/C16H16ClN3O5S/c1-2-24-14-9-11(10-19-20-16(18)21)8-13(17)15(14)25-26(22,23)12-6-4-3-5-7-12/h3-10H,2H2,1H3,(H3,18,20,21)/b19-10-. The number of amides is 2. The number of nitrogens with zero attached hydrogens (tertiary/aromatic N) is 1. The maximum absolute atomic E-state index is 12.4. The molecular weight excluding hydrogens is 382 g/mol. The molecule has 10 heteroatoms. The molecule has 2 aromatic carbocycles. The zero-order chi connectivity index (χ0) is 19.2. The molecule has 0 aliphatic carbocycles. The Morgan fingerprint density at radius 1 is 1.31 bits per heavy atom. The second kappa shape index (κ2) is 8.54. The topological polar surface area (TPSA) is 120 Å². The van der Waals surface area contributed by atoms with E-state index in [1.54, 1.807) is 25.1 Å². The van der Waals surface area contributed by atoms with Crippen LogP contribution in [-0.2, 0) is 10.1 Å². The van der Waals surface area contributed by atoms with Crippen molar-refractivity contribution in [2.75, 3.05) is 6.61 Å². The van der Waals surface area contributed by atoms with Crippen LogP contribution in [0.1, 0.15) is 12.5 Å². The molecule has 0 heterocycles. The average Bonchev–Trinajstić information content (AvgIpc) is 2.59. The first-order valence-electron chi connectivity index (χ1n) is 7.38. The van der Waals surface area contributed by atoms with Gasteiger partial charge in [0.2, 0.25) is 5.75 Å². The number of ether oxygens (including phenoxy) is 1. The maximum atomic E-state index is 12.4. The number of halogens is 1. The van der Waals surface area contributed by atoms with Gasteiger partial charge in [0.1, 0.15) is 4.90 Å². The largest absolute Gasteiger partial charge is 0.490 e. The molecule has 0 aliphatic rings. The van der Waals surface area contributed by atoms with Crippen molar-refractivity contribution in [1.29, 1.82) is 0 Å². The molecule has 0 aliphatic heterocycles. The number of rotatable bonds is 7. The molecule has 0 fully saturated rings. The predicted molar refractivity (Wildman–Crippen MR) is 97.2 cm³/mol. The van der Waals surface area contributed by atoms with Crippen molar-refractivity contribution in [2.24, 2.45) is 10.8 Å². The summed E-state index contributed by atoms with van der Waals surface area (Å²) in [5.74, 6) is -0.0302. The Balaban J connectivity index is 2.38. The highest BCUT2D eigenvalue weighted by Gasteiger charge is 2.22. The summed E-state index contributed by atoms with van der Waals surface area (Å²) >= 11 is 6.16. The third-order valence-electron chi connectivity index (χ3n) is 2.94. The molecule has 2 aromatic rings. The van der Waals surface area contributed by atoms with Crippen molar-refractivity contribution in [3.05, 3.63) is 53.1 Å². The highest BCUT2D eigenvalue weighted by atomic mass is 35.5. The number of hydrogen-bond acceptors (Lipinski definition) is 6. The molecule has 0 aromatic heterocycles. The molecular formula is C16H16ClN3O5S. The highest BCUT2D eigenvalue weighted by molar-refractivity contribution is 7.87. The number of carbonyl (C=O) groups excluding carboxylic acids is 1. The van der Waals surface area contributed by atoms with Crippen LogP contribution >= 0.6 is 11.6 Å². The quantitative estimate of drug-likeness (QED) is 0.422. The minimum Gasteiger partial charge on any atom is -0.490 e. The van der Waals surface area contributed by atoms with E-state index in [1.165, 1.54) is 30.5 Å². The Hall–Kier alpha value is -2.78. The Bertz CT molecular complexity index is 917. The van der Waals surface area contributed by atoms with Crippen LogP contribution in [0.4, 0.5) is 4.79 Å². The fourth-order valence-corrected chi connectivity index (χ4v) is 3.20. The average molecular weight is 398 g/mol. The Labute approximate surface area is 155 Å². The van der Waals surface area contributed by atoms with Gasteiger partial charge >= 0.3 is 16.1 Å². The van der Waals surface area contributed by atoms with Gasteiger partial charge < -0.3 is 14.7 Å². The molecule has 26 heavy (non-hydrogen) atoms. The first-order chi connectivity index (χ1) is 12.3. The molecule has 0 radical (unpaired) electrons. The third-order valence-corrected chi connectivity index (χ3v) is 4.46. The van der Waals surface area contributed by atoms with Crippen LogP contribution in [0.2, 0.25) is 5.02 Å². The minimum atomic E-state index is -4.09. The van der Waals surface area contributed by atoms with Crippen LogP contribution in [0.5, 0.6) is 11.5 Å². The van der Waals surface area contributed by atoms with Crippen molar-refractivity contribution in [2.45, 2.75) is 11.8 Å². The summed E-state index contributed by atoms with van der Waals surface area (Å²) in [4.78, 5) is 10.6. The summed E-state index contributed by atoms with van der Waals surface area (Å²) in [6.45, 7) is 1.97. The lowest BCUT2D eigenvalue weighted by Gasteiger charge is -2.14. The number of carbonyl (C=O) groups is 1. The highest BCUT2D eigenvalue weighted by Crippen LogP contribution is 2.38. The number of primary amides is 1. The van der Waals surface area contributed by atoms with E-state index in [-0.39, 0.29) is 28.0 Å². The van der Waals surface area contributed by atoms with Crippen molar-refractivity contribution in [3.8, 4) is 11.5 Å². The van der Waals surface area contributed by atoms with Gasteiger partial charge in [-0.15, -0.1) is 0 Å². The summed E-state index contributed by atoms with van der Waals surface area (Å²) < 4.78 is 35.4. The number of benzene rings is 2. The summed E-state index contributed by atoms with van der Waals surface area (Å²) in [6.07, 6.45) is 1.27. The van der Waals surface area contributed by atoms with Crippen LogP contribution in [0.15, 0.2) is 52.5 Å². The Morgan fingerprint density at radius 3 is 2.62 bits per heavy atom.